The topological polar surface area (TPSA) is 48.0 Å². The largest absolute Gasteiger partial charge is 0.366 e. The van der Waals surface area contributed by atoms with E-state index in [9.17, 15) is 4.79 Å². The van der Waals surface area contributed by atoms with Gasteiger partial charge in [0.2, 0.25) is 0 Å². The number of aryl methyl sites for hydroxylation is 1. The Balaban J connectivity index is 2.12. The number of amides is 1. The van der Waals surface area contributed by atoms with Crippen molar-refractivity contribution in [3.8, 4) is 11.1 Å². The van der Waals surface area contributed by atoms with Gasteiger partial charge < -0.3 is 10.3 Å². The first-order valence-corrected chi connectivity index (χ1v) is 10.5. The van der Waals surface area contributed by atoms with Crippen molar-refractivity contribution in [3.05, 3.63) is 68.1 Å². The molecule has 0 atom stereocenters. The number of carbonyl (C=O) groups excluding carboxylic acids is 1. The maximum absolute atomic E-state index is 12.3. The van der Waals surface area contributed by atoms with Gasteiger partial charge in [-0.3, -0.25) is 4.79 Å². The number of nitrogens with zero attached hydrogens (tertiary/aromatic N) is 1. The van der Waals surface area contributed by atoms with Crippen LogP contribution in [0.5, 0.6) is 0 Å². The molecule has 5 heteroatoms. The highest BCUT2D eigenvalue weighted by atomic mass is 79.9. The predicted molar refractivity (Wildman–Crippen MR) is 113 cm³/mol. The third kappa shape index (κ3) is 3.79. The molecule has 2 aromatic heterocycles. The van der Waals surface area contributed by atoms with E-state index >= 15 is 0 Å². The summed E-state index contributed by atoms with van der Waals surface area (Å²) in [5.74, 6) is -0.354. The van der Waals surface area contributed by atoms with E-state index in [1.165, 1.54) is 10.6 Å². The van der Waals surface area contributed by atoms with Crippen molar-refractivity contribution < 1.29 is 4.79 Å². The molecule has 0 unspecified atom stereocenters. The lowest BCUT2D eigenvalue weighted by molar-refractivity contribution is 0.1000. The quantitative estimate of drug-likeness (QED) is 0.522. The average molecular weight is 431 g/mol. The lowest BCUT2D eigenvalue weighted by atomic mass is 9.98. The minimum absolute atomic E-state index is 0.354. The maximum atomic E-state index is 12.3. The fourth-order valence-corrected chi connectivity index (χ4v) is 4.47. The Bertz CT molecular complexity index is 895. The van der Waals surface area contributed by atoms with E-state index in [0.717, 1.165) is 47.1 Å². The Morgan fingerprint density at radius 1 is 1.19 bits per heavy atom. The van der Waals surface area contributed by atoms with Crippen LogP contribution < -0.4 is 5.73 Å². The van der Waals surface area contributed by atoms with Crippen LogP contribution in [0.1, 0.15) is 40.0 Å². The highest BCUT2D eigenvalue weighted by Gasteiger charge is 2.24. The third-order valence-corrected chi connectivity index (χ3v) is 6.12. The lowest BCUT2D eigenvalue weighted by Crippen LogP contribution is -2.13. The van der Waals surface area contributed by atoms with Crippen LogP contribution in [0, 0.1) is 6.92 Å². The zero-order valence-corrected chi connectivity index (χ0v) is 17.5. The molecule has 0 aliphatic carbocycles. The number of hydrogen-bond donors (Lipinski definition) is 1. The highest BCUT2D eigenvalue weighted by molar-refractivity contribution is 9.10. The summed E-state index contributed by atoms with van der Waals surface area (Å²) in [7, 11) is 0. The summed E-state index contributed by atoms with van der Waals surface area (Å²) in [6.45, 7) is 5.04. The molecule has 0 spiro atoms. The van der Waals surface area contributed by atoms with Crippen LogP contribution in [0.4, 0.5) is 0 Å². The molecular formula is C21H23BrN2OS. The molecule has 3 nitrogen and oxygen atoms in total. The molecule has 0 radical (unpaired) electrons. The van der Waals surface area contributed by atoms with Gasteiger partial charge in [0.1, 0.15) is 0 Å². The van der Waals surface area contributed by atoms with Crippen molar-refractivity contribution in [1.82, 2.24) is 4.57 Å². The predicted octanol–water partition coefficient (Wildman–Crippen LogP) is 5.58. The van der Waals surface area contributed by atoms with Gasteiger partial charge in [0.25, 0.3) is 5.91 Å². The summed E-state index contributed by atoms with van der Waals surface area (Å²) < 4.78 is 3.31. The van der Waals surface area contributed by atoms with E-state index in [2.05, 4.69) is 44.9 Å². The Morgan fingerprint density at radius 3 is 2.50 bits per heavy atom. The number of hydrogen-bond acceptors (Lipinski definition) is 2. The van der Waals surface area contributed by atoms with Gasteiger partial charge in [0.15, 0.2) is 0 Å². The fourth-order valence-electron chi connectivity index (χ4n) is 3.50. The van der Waals surface area contributed by atoms with Gasteiger partial charge in [-0.15, -0.1) is 11.3 Å². The minimum Gasteiger partial charge on any atom is -0.366 e. The number of carbonyl (C=O) groups is 1. The van der Waals surface area contributed by atoms with Crippen molar-refractivity contribution in [2.24, 2.45) is 5.73 Å². The molecule has 136 valence electrons. The van der Waals surface area contributed by atoms with Gasteiger partial charge in [-0.1, -0.05) is 47.5 Å². The normalized spacial score (nSPS) is 11.0. The number of primary amides is 1. The average Bonchev–Trinajstić information content (AvgIpc) is 3.21. The fraction of sp³-hybridized carbons (Fsp3) is 0.286. The smallest absolute Gasteiger partial charge is 0.251 e. The zero-order chi connectivity index (χ0) is 18.7. The summed E-state index contributed by atoms with van der Waals surface area (Å²) >= 11 is 5.26. The van der Waals surface area contributed by atoms with E-state index in [1.807, 2.05) is 31.2 Å². The molecule has 0 aliphatic rings. The zero-order valence-electron chi connectivity index (χ0n) is 15.1. The maximum Gasteiger partial charge on any atom is 0.251 e. The molecule has 0 bridgehead atoms. The van der Waals surface area contributed by atoms with E-state index in [-0.39, 0.29) is 5.91 Å². The molecule has 1 aromatic carbocycles. The monoisotopic (exact) mass is 430 g/mol. The Morgan fingerprint density at radius 2 is 1.92 bits per heavy atom. The van der Waals surface area contributed by atoms with Crippen LogP contribution >= 0.6 is 27.3 Å². The Hall–Kier alpha value is -1.85. The summed E-state index contributed by atoms with van der Waals surface area (Å²) in [5, 5.41) is 2.10. The number of rotatable bonds is 7. The van der Waals surface area contributed by atoms with Gasteiger partial charge in [0.05, 0.1) is 5.56 Å². The van der Waals surface area contributed by atoms with E-state index in [1.54, 1.807) is 11.3 Å². The van der Waals surface area contributed by atoms with Gasteiger partial charge in [-0.25, -0.2) is 0 Å². The van der Waals surface area contributed by atoms with Crippen LogP contribution in [-0.4, -0.2) is 10.5 Å². The summed E-state index contributed by atoms with van der Waals surface area (Å²) in [4.78, 5) is 13.6. The number of benzene rings is 1. The van der Waals surface area contributed by atoms with Gasteiger partial charge >= 0.3 is 0 Å². The molecule has 3 rings (SSSR count). The molecule has 2 heterocycles. The lowest BCUT2D eigenvalue weighted by Gasteiger charge is -2.12. The molecule has 0 aliphatic heterocycles. The van der Waals surface area contributed by atoms with Crippen LogP contribution in [-0.2, 0) is 19.4 Å². The Labute approximate surface area is 167 Å². The third-order valence-electron chi connectivity index (χ3n) is 4.66. The molecule has 26 heavy (non-hydrogen) atoms. The van der Waals surface area contributed by atoms with Crippen molar-refractivity contribution in [2.75, 3.05) is 0 Å². The summed E-state index contributed by atoms with van der Waals surface area (Å²) in [6.07, 6.45) is 2.90. The van der Waals surface area contributed by atoms with Gasteiger partial charge in [0, 0.05) is 32.8 Å². The van der Waals surface area contributed by atoms with Crippen molar-refractivity contribution in [1.29, 1.82) is 0 Å². The first-order valence-electron chi connectivity index (χ1n) is 8.83. The van der Waals surface area contributed by atoms with Crippen LogP contribution in [0.25, 0.3) is 11.1 Å². The first kappa shape index (κ1) is 18.9. The molecule has 0 saturated heterocycles. The van der Waals surface area contributed by atoms with E-state index in [4.69, 9.17) is 5.73 Å². The van der Waals surface area contributed by atoms with E-state index in [0.29, 0.717) is 5.56 Å². The minimum atomic E-state index is -0.354. The van der Waals surface area contributed by atoms with Gasteiger partial charge in [-0.2, -0.15) is 0 Å². The van der Waals surface area contributed by atoms with Crippen LogP contribution in [0.15, 0.2) is 46.3 Å². The van der Waals surface area contributed by atoms with Crippen molar-refractivity contribution >= 4 is 33.2 Å². The number of thiophene rings is 1. The molecule has 2 N–H and O–H groups in total. The second-order valence-electron chi connectivity index (χ2n) is 6.38. The Kier molecular flexibility index (Phi) is 5.99. The SMILES string of the molecule is CCCc1c(-c2ccc(Br)cc2)c(C(N)=O)c(C)n1CCc1cccs1. The van der Waals surface area contributed by atoms with Gasteiger partial charge in [-0.05, 0) is 48.9 Å². The standard InChI is InChI=1S/C21H23BrN2OS/c1-3-5-18-20(15-7-9-16(22)10-8-15)19(21(23)25)14(2)24(18)12-11-17-6-4-13-26-17/h4,6-10,13H,3,5,11-12H2,1-2H3,(H2,23,25). The molecule has 0 fully saturated rings. The number of halogens is 1. The first-order chi connectivity index (χ1) is 12.5. The second kappa shape index (κ2) is 8.23. The molecule has 3 aromatic rings. The molecule has 1 amide bonds. The second-order valence-corrected chi connectivity index (χ2v) is 8.33. The number of aromatic nitrogens is 1. The van der Waals surface area contributed by atoms with Crippen molar-refractivity contribution in [3.63, 3.8) is 0 Å². The molecular weight excluding hydrogens is 408 g/mol. The van der Waals surface area contributed by atoms with Crippen LogP contribution in [0.3, 0.4) is 0 Å². The van der Waals surface area contributed by atoms with Crippen molar-refractivity contribution in [2.45, 2.75) is 39.7 Å². The van der Waals surface area contributed by atoms with Crippen LogP contribution in [0.2, 0.25) is 0 Å². The number of nitrogens with two attached hydrogens (primary N) is 1. The summed E-state index contributed by atoms with van der Waals surface area (Å²) in [6, 6.07) is 12.4. The summed E-state index contributed by atoms with van der Waals surface area (Å²) in [5.41, 5.74) is 10.7. The van der Waals surface area contributed by atoms with E-state index < -0.39 is 0 Å². The highest BCUT2D eigenvalue weighted by Crippen LogP contribution is 2.34. The molecule has 0 saturated carbocycles.